The van der Waals surface area contributed by atoms with Crippen LogP contribution in [0.3, 0.4) is 0 Å². The maximum absolute atomic E-state index is 11.6. The summed E-state index contributed by atoms with van der Waals surface area (Å²) in [6.07, 6.45) is 4.45. The first kappa shape index (κ1) is 24.1. The van der Waals surface area contributed by atoms with E-state index in [4.69, 9.17) is 23.7 Å². The Morgan fingerprint density at radius 1 is 1.09 bits per heavy atom. The zero-order chi connectivity index (χ0) is 24.3. The summed E-state index contributed by atoms with van der Waals surface area (Å²) in [7, 11) is 3.01. The van der Waals surface area contributed by atoms with Crippen LogP contribution in [0.25, 0.3) is 6.08 Å². The van der Waals surface area contributed by atoms with Gasteiger partial charge in [0.05, 0.1) is 38.7 Å². The highest BCUT2D eigenvalue weighted by atomic mass is 16.5. The average Bonchev–Trinajstić information content (AvgIpc) is 2.87. The molecule has 174 valence electrons. The van der Waals surface area contributed by atoms with Crippen LogP contribution in [0, 0.1) is 11.3 Å². The molecular formula is C26H24N2O6. The summed E-state index contributed by atoms with van der Waals surface area (Å²) in [6.45, 7) is 2.28. The maximum atomic E-state index is 11.6. The molecule has 2 aromatic carbocycles. The highest BCUT2D eigenvalue weighted by molar-refractivity contribution is 5.87. The summed E-state index contributed by atoms with van der Waals surface area (Å²) in [4.78, 5) is 15.9. The molecule has 0 saturated carbocycles. The molecule has 0 unspecified atom stereocenters. The van der Waals surface area contributed by atoms with E-state index < -0.39 is 5.97 Å². The second-order valence-corrected chi connectivity index (χ2v) is 6.83. The summed E-state index contributed by atoms with van der Waals surface area (Å²) < 4.78 is 27.5. The van der Waals surface area contributed by atoms with Gasteiger partial charge in [-0.2, -0.15) is 5.26 Å². The molecule has 3 aromatic rings. The number of hydrogen-bond donors (Lipinski definition) is 0. The number of nitrogens with zero attached hydrogens (tertiary/aromatic N) is 2. The van der Waals surface area contributed by atoms with Crippen molar-refractivity contribution in [1.29, 1.82) is 5.26 Å². The van der Waals surface area contributed by atoms with Crippen LogP contribution in [0.4, 0.5) is 0 Å². The first-order valence-electron chi connectivity index (χ1n) is 10.4. The van der Waals surface area contributed by atoms with Gasteiger partial charge in [-0.05, 0) is 42.8 Å². The van der Waals surface area contributed by atoms with E-state index in [0.717, 1.165) is 5.56 Å². The zero-order valence-electron chi connectivity index (χ0n) is 19.1. The quantitative estimate of drug-likeness (QED) is 0.311. The van der Waals surface area contributed by atoms with Gasteiger partial charge in [-0.15, -0.1) is 0 Å². The average molecular weight is 460 g/mol. The Bertz CT molecular complexity index is 1170. The van der Waals surface area contributed by atoms with E-state index in [0.29, 0.717) is 46.6 Å². The molecule has 34 heavy (non-hydrogen) atoms. The highest BCUT2D eigenvalue weighted by Gasteiger charge is 2.15. The van der Waals surface area contributed by atoms with E-state index in [1.165, 1.54) is 26.5 Å². The van der Waals surface area contributed by atoms with E-state index >= 15 is 0 Å². The lowest BCUT2D eigenvalue weighted by Gasteiger charge is -2.15. The molecule has 8 nitrogen and oxygen atoms in total. The first-order valence-corrected chi connectivity index (χ1v) is 10.4. The van der Waals surface area contributed by atoms with E-state index in [1.54, 1.807) is 43.3 Å². The highest BCUT2D eigenvalue weighted by Crippen LogP contribution is 2.41. The van der Waals surface area contributed by atoms with Gasteiger partial charge in [0.2, 0.25) is 11.6 Å². The number of rotatable bonds is 10. The zero-order valence-corrected chi connectivity index (χ0v) is 19.1. The fourth-order valence-corrected chi connectivity index (χ4v) is 2.99. The Kier molecular flexibility index (Phi) is 8.47. The molecule has 1 heterocycles. The summed E-state index contributed by atoms with van der Waals surface area (Å²) in [5.41, 5.74) is 2.02. The van der Waals surface area contributed by atoms with Crippen molar-refractivity contribution in [2.75, 3.05) is 20.8 Å². The molecule has 0 amide bonds. The normalized spacial score (nSPS) is 10.4. The molecule has 1 aromatic heterocycles. The number of pyridine rings is 1. The predicted molar refractivity (Wildman–Crippen MR) is 125 cm³/mol. The third-order valence-corrected chi connectivity index (χ3v) is 4.63. The molecule has 0 radical (unpaired) electrons. The SMILES string of the molecule is CCOC(=O)C=Cc1cc(OC)c(Oc2ccc(OCc3ccccc3C#N)cn2)c(OC)c1. The summed E-state index contributed by atoms with van der Waals surface area (Å²) in [5, 5.41) is 9.19. The van der Waals surface area contributed by atoms with Crippen LogP contribution in [-0.4, -0.2) is 31.8 Å². The van der Waals surface area contributed by atoms with Crippen molar-refractivity contribution >= 4 is 12.0 Å². The lowest BCUT2D eigenvalue weighted by Crippen LogP contribution is -2.00. The van der Waals surface area contributed by atoms with Crippen molar-refractivity contribution in [1.82, 2.24) is 4.98 Å². The number of carbonyl (C=O) groups excluding carboxylic acids is 1. The molecule has 0 saturated heterocycles. The molecule has 0 aliphatic heterocycles. The monoisotopic (exact) mass is 460 g/mol. The van der Waals surface area contributed by atoms with Crippen LogP contribution in [0.2, 0.25) is 0 Å². The Morgan fingerprint density at radius 2 is 1.82 bits per heavy atom. The van der Waals surface area contributed by atoms with Crippen molar-refractivity contribution in [2.24, 2.45) is 0 Å². The Labute approximate surface area is 197 Å². The standard InChI is InChI=1S/C26H24N2O6/c1-4-32-25(29)12-9-18-13-22(30-2)26(23(14-18)31-3)34-24-11-10-21(16-28-24)33-17-20-8-6-5-7-19(20)15-27/h5-14,16H,4,17H2,1-3H3. The molecule has 0 aliphatic carbocycles. The molecule has 8 heteroatoms. The Hall–Kier alpha value is -4.51. The van der Waals surface area contributed by atoms with Gasteiger partial charge < -0.3 is 23.7 Å². The third kappa shape index (κ3) is 6.26. The predicted octanol–water partition coefficient (Wildman–Crippen LogP) is 4.92. The minimum absolute atomic E-state index is 0.244. The maximum Gasteiger partial charge on any atom is 0.330 e. The number of methoxy groups -OCH3 is 2. The topological polar surface area (TPSA) is 99.9 Å². The van der Waals surface area contributed by atoms with E-state index in [-0.39, 0.29) is 6.61 Å². The first-order chi connectivity index (χ1) is 16.6. The second-order valence-electron chi connectivity index (χ2n) is 6.83. The van der Waals surface area contributed by atoms with Crippen LogP contribution in [-0.2, 0) is 16.1 Å². The van der Waals surface area contributed by atoms with Crippen molar-refractivity contribution in [3.8, 4) is 34.9 Å². The number of hydrogen-bond acceptors (Lipinski definition) is 8. The van der Waals surface area contributed by atoms with Crippen LogP contribution in [0.15, 0.2) is 60.8 Å². The van der Waals surface area contributed by atoms with Crippen LogP contribution in [0.1, 0.15) is 23.6 Å². The van der Waals surface area contributed by atoms with Crippen molar-refractivity contribution in [3.63, 3.8) is 0 Å². The number of benzene rings is 2. The minimum Gasteiger partial charge on any atom is -0.493 e. The summed E-state index contributed by atoms with van der Waals surface area (Å²) in [6, 6.07) is 16.2. The summed E-state index contributed by atoms with van der Waals surface area (Å²) in [5.74, 6) is 1.52. The number of nitriles is 1. The van der Waals surface area contributed by atoms with Gasteiger partial charge in [-0.1, -0.05) is 18.2 Å². The largest absolute Gasteiger partial charge is 0.493 e. The Balaban J connectivity index is 1.74. The van der Waals surface area contributed by atoms with Crippen LogP contribution >= 0.6 is 0 Å². The lowest BCUT2D eigenvalue weighted by atomic mass is 10.1. The second kappa shape index (κ2) is 11.9. The van der Waals surface area contributed by atoms with E-state index in [1.807, 2.05) is 18.2 Å². The van der Waals surface area contributed by atoms with Crippen LogP contribution < -0.4 is 18.9 Å². The van der Waals surface area contributed by atoms with Gasteiger partial charge in [0.25, 0.3) is 0 Å². The molecule has 0 N–H and O–H groups in total. The molecule has 0 fully saturated rings. The van der Waals surface area contributed by atoms with Gasteiger partial charge >= 0.3 is 5.97 Å². The number of esters is 1. The van der Waals surface area contributed by atoms with Crippen molar-refractivity contribution < 1.29 is 28.5 Å². The van der Waals surface area contributed by atoms with Gasteiger partial charge in [-0.25, -0.2) is 9.78 Å². The van der Waals surface area contributed by atoms with Gasteiger partial charge in [0.1, 0.15) is 12.4 Å². The number of ether oxygens (including phenoxy) is 5. The van der Waals surface area contributed by atoms with E-state index in [9.17, 15) is 10.1 Å². The fraction of sp³-hybridized carbons (Fsp3) is 0.192. The number of aromatic nitrogens is 1. The molecule has 0 atom stereocenters. The number of carbonyl (C=O) groups is 1. The molecule has 3 rings (SSSR count). The molecule has 0 spiro atoms. The van der Waals surface area contributed by atoms with Gasteiger partial charge in [-0.3, -0.25) is 0 Å². The van der Waals surface area contributed by atoms with Gasteiger partial charge in [0, 0.05) is 17.7 Å². The molecule has 0 bridgehead atoms. The smallest absolute Gasteiger partial charge is 0.330 e. The van der Waals surface area contributed by atoms with Crippen LogP contribution in [0.5, 0.6) is 28.9 Å². The van der Waals surface area contributed by atoms with Crippen molar-refractivity contribution in [2.45, 2.75) is 13.5 Å². The summed E-state index contributed by atoms with van der Waals surface area (Å²) >= 11 is 0. The Morgan fingerprint density at radius 3 is 2.44 bits per heavy atom. The van der Waals surface area contributed by atoms with Gasteiger partial charge in [0.15, 0.2) is 11.5 Å². The molecule has 0 aliphatic rings. The lowest BCUT2D eigenvalue weighted by molar-refractivity contribution is -0.137. The van der Waals surface area contributed by atoms with Crippen molar-refractivity contribution in [3.05, 3.63) is 77.5 Å². The fourth-order valence-electron chi connectivity index (χ4n) is 2.99. The van der Waals surface area contributed by atoms with E-state index in [2.05, 4.69) is 11.1 Å². The minimum atomic E-state index is -0.441. The third-order valence-electron chi connectivity index (χ3n) is 4.63. The molecular weight excluding hydrogens is 436 g/mol.